The van der Waals surface area contributed by atoms with Crippen LogP contribution in [0.1, 0.15) is 5.56 Å². The molecule has 0 spiro atoms. The van der Waals surface area contributed by atoms with Crippen LogP contribution in [0.2, 0.25) is 5.02 Å². The minimum atomic E-state index is 0.0151. The molecule has 0 radical (unpaired) electrons. The van der Waals surface area contributed by atoms with E-state index in [1.807, 2.05) is 11.0 Å². The van der Waals surface area contributed by atoms with Crippen LogP contribution in [0.5, 0.6) is 0 Å². The van der Waals surface area contributed by atoms with Gasteiger partial charge in [0.15, 0.2) is 0 Å². The van der Waals surface area contributed by atoms with Gasteiger partial charge in [-0.25, -0.2) is 4.79 Å². The van der Waals surface area contributed by atoms with E-state index in [-0.39, 0.29) is 12.1 Å². The summed E-state index contributed by atoms with van der Waals surface area (Å²) in [6.07, 6.45) is 0. The number of urea groups is 1. The lowest BCUT2D eigenvalue weighted by molar-refractivity contribution is 0.197. The van der Waals surface area contributed by atoms with Gasteiger partial charge in [-0.2, -0.15) is 5.26 Å². The maximum atomic E-state index is 11.5. The van der Waals surface area contributed by atoms with Crippen molar-refractivity contribution in [2.75, 3.05) is 31.1 Å². The maximum absolute atomic E-state index is 11.5. The Bertz CT molecular complexity index is 568. The number of anilines is 1. The molecule has 2 aliphatic heterocycles. The quantitative estimate of drug-likeness (QED) is 0.844. The van der Waals surface area contributed by atoms with Gasteiger partial charge in [-0.15, -0.1) is 0 Å². The van der Waals surface area contributed by atoms with Crippen LogP contribution in [0, 0.1) is 11.3 Å². The first-order chi connectivity index (χ1) is 9.19. The minimum absolute atomic E-state index is 0.0151. The van der Waals surface area contributed by atoms with Gasteiger partial charge < -0.3 is 15.1 Å². The van der Waals surface area contributed by atoms with Gasteiger partial charge in [-0.1, -0.05) is 11.6 Å². The first-order valence-electron chi connectivity index (χ1n) is 6.18. The van der Waals surface area contributed by atoms with Crippen molar-refractivity contribution in [2.45, 2.75) is 6.04 Å². The number of piperazine rings is 1. The van der Waals surface area contributed by atoms with E-state index in [0.717, 1.165) is 18.8 Å². The monoisotopic (exact) mass is 276 g/mol. The van der Waals surface area contributed by atoms with E-state index >= 15 is 0 Å². The number of nitrogens with one attached hydrogen (secondary N) is 1. The Balaban J connectivity index is 1.85. The van der Waals surface area contributed by atoms with Crippen LogP contribution in [-0.4, -0.2) is 43.2 Å². The van der Waals surface area contributed by atoms with Gasteiger partial charge in [0, 0.05) is 31.2 Å². The first kappa shape index (κ1) is 12.1. The SMILES string of the molecule is N#Cc1cc(Cl)ccc1N1CCN2C(=O)NCC2C1. The van der Waals surface area contributed by atoms with Gasteiger partial charge in [-0.05, 0) is 18.2 Å². The van der Waals surface area contributed by atoms with Crippen LogP contribution in [0.4, 0.5) is 10.5 Å². The first-order valence-corrected chi connectivity index (χ1v) is 6.56. The molecule has 98 valence electrons. The third-order valence-electron chi connectivity index (χ3n) is 3.65. The van der Waals surface area contributed by atoms with Gasteiger partial charge in [0.05, 0.1) is 17.3 Å². The number of hydrogen-bond donors (Lipinski definition) is 1. The van der Waals surface area contributed by atoms with Crippen LogP contribution in [-0.2, 0) is 0 Å². The van der Waals surface area contributed by atoms with Crippen LogP contribution in [0.15, 0.2) is 18.2 Å². The van der Waals surface area contributed by atoms with Crippen molar-refractivity contribution >= 4 is 23.3 Å². The third-order valence-corrected chi connectivity index (χ3v) is 3.89. The molecule has 2 saturated heterocycles. The van der Waals surface area contributed by atoms with Crippen LogP contribution < -0.4 is 10.2 Å². The van der Waals surface area contributed by atoms with E-state index in [2.05, 4.69) is 16.3 Å². The van der Waals surface area contributed by atoms with Crippen molar-refractivity contribution in [3.05, 3.63) is 28.8 Å². The molecule has 2 amide bonds. The molecule has 2 fully saturated rings. The van der Waals surface area contributed by atoms with Gasteiger partial charge >= 0.3 is 6.03 Å². The normalized spacial score (nSPS) is 21.9. The van der Waals surface area contributed by atoms with Crippen molar-refractivity contribution in [1.29, 1.82) is 5.26 Å². The summed E-state index contributed by atoms with van der Waals surface area (Å²) in [7, 11) is 0. The molecule has 0 aromatic heterocycles. The lowest BCUT2D eigenvalue weighted by atomic mass is 10.1. The van der Waals surface area contributed by atoms with E-state index < -0.39 is 0 Å². The molecular formula is C13H13ClN4O. The molecule has 1 unspecified atom stereocenters. The second-order valence-corrected chi connectivity index (χ2v) is 5.19. The molecule has 1 aromatic carbocycles. The van der Waals surface area contributed by atoms with Gasteiger partial charge in [0.1, 0.15) is 6.07 Å². The fourth-order valence-electron chi connectivity index (χ4n) is 2.70. The number of nitrogens with zero attached hydrogens (tertiary/aromatic N) is 3. The molecule has 5 nitrogen and oxygen atoms in total. The summed E-state index contributed by atoms with van der Waals surface area (Å²) in [6, 6.07) is 7.73. The number of amides is 2. The maximum Gasteiger partial charge on any atom is 0.317 e. The number of halogens is 1. The largest absolute Gasteiger partial charge is 0.367 e. The van der Waals surface area contributed by atoms with Crippen LogP contribution in [0.3, 0.4) is 0 Å². The van der Waals surface area contributed by atoms with Gasteiger partial charge in [-0.3, -0.25) is 0 Å². The standard InChI is InChI=1S/C13H13ClN4O/c14-10-1-2-12(9(5-10)6-15)17-3-4-18-11(8-17)7-16-13(18)19/h1-2,5,11H,3-4,7-8H2,(H,16,19). The van der Waals surface area contributed by atoms with Crippen LogP contribution in [0.25, 0.3) is 0 Å². The highest BCUT2D eigenvalue weighted by molar-refractivity contribution is 6.30. The van der Waals surface area contributed by atoms with E-state index in [4.69, 9.17) is 11.6 Å². The smallest absolute Gasteiger partial charge is 0.317 e. The van der Waals surface area contributed by atoms with E-state index in [0.29, 0.717) is 23.7 Å². The van der Waals surface area contributed by atoms with E-state index in [9.17, 15) is 10.1 Å². The number of carbonyl (C=O) groups excluding carboxylic acids is 1. The Labute approximate surface area is 116 Å². The highest BCUT2D eigenvalue weighted by atomic mass is 35.5. The summed E-state index contributed by atoms with van der Waals surface area (Å²) in [5, 5.41) is 12.6. The third kappa shape index (κ3) is 2.08. The molecule has 0 saturated carbocycles. The average Bonchev–Trinajstić information content (AvgIpc) is 2.79. The molecule has 1 aromatic rings. The van der Waals surface area contributed by atoms with Gasteiger partial charge in [0.2, 0.25) is 0 Å². The fourth-order valence-corrected chi connectivity index (χ4v) is 2.87. The number of fused-ring (bicyclic) bond motifs is 1. The molecular weight excluding hydrogens is 264 g/mol. The summed E-state index contributed by atoms with van der Waals surface area (Å²) < 4.78 is 0. The fraction of sp³-hybridized carbons (Fsp3) is 0.385. The molecule has 0 bridgehead atoms. The van der Waals surface area contributed by atoms with Crippen molar-refractivity contribution in [3.63, 3.8) is 0 Å². The Morgan fingerprint density at radius 1 is 1.42 bits per heavy atom. The van der Waals surface area contributed by atoms with Crippen molar-refractivity contribution in [2.24, 2.45) is 0 Å². The van der Waals surface area contributed by atoms with Gasteiger partial charge in [0.25, 0.3) is 0 Å². The molecule has 6 heteroatoms. The number of rotatable bonds is 1. The molecule has 2 aliphatic rings. The topological polar surface area (TPSA) is 59.4 Å². The number of carbonyl (C=O) groups is 1. The minimum Gasteiger partial charge on any atom is -0.367 e. The Hall–Kier alpha value is -1.93. The molecule has 0 aliphatic carbocycles. The van der Waals surface area contributed by atoms with E-state index in [1.165, 1.54) is 0 Å². The number of nitriles is 1. The zero-order chi connectivity index (χ0) is 13.4. The summed E-state index contributed by atoms with van der Waals surface area (Å²) in [5.41, 5.74) is 1.48. The molecule has 3 rings (SSSR count). The molecule has 1 atom stereocenters. The molecule has 2 heterocycles. The average molecular weight is 277 g/mol. The van der Waals surface area contributed by atoms with Crippen LogP contribution >= 0.6 is 11.6 Å². The second kappa shape index (κ2) is 4.63. The highest BCUT2D eigenvalue weighted by Gasteiger charge is 2.35. The Morgan fingerprint density at radius 3 is 3.05 bits per heavy atom. The van der Waals surface area contributed by atoms with E-state index in [1.54, 1.807) is 12.1 Å². The Kier molecular flexibility index (Phi) is 2.96. The summed E-state index contributed by atoms with van der Waals surface area (Å²) >= 11 is 5.91. The number of benzene rings is 1. The summed E-state index contributed by atoms with van der Waals surface area (Å²) in [6.45, 7) is 2.84. The van der Waals surface area contributed by atoms with Crippen molar-refractivity contribution < 1.29 is 4.79 Å². The highest BCUT2D eigenvalue weighted by Crippen LogP contribution is 2.26. The van der Waals surface area contributed by atoms with Crippen molar-refractivity contribution in [1.82, 2.24) is 10.2 Å². The number of hydrogen-bond acceptors (Lipinski definition) is 3. The molecule has 1 N–H and O–H groups in total. The zero-order valence-electron chi connectivity index (χ0n) is 10.3. The lowest BCUT2D eigenvalue weighted by Crippen LogP contribution is -2.52. The Morgan fingerprint density at radius 2 is 2.26 bits per heavy atom. The predicted octanol–water partition coefficient (Wildman–Crippen LogP) is 1.43. The molecule has 19 heavy (non-hydrogen) atoms. The summed E-state index contributed by atoms with van der Waals surface area (Å²) in [5.74, 6) is 0. The second-order valence-electron chi connectivity index (χ2n) is 4.75. The zero-order valence-corrected chi connectivity index (χ0v) is 11.0. The van der Waals surface area contributed by atoms with Crippen molar-refractivity contribution in [3.8, 4) is 6.07 Å². The summed E-state index contributed by atoms with van der Waals surface area (Å²) in [4.78, 5) is 15.6. The lowest BCUT2D eigenvalue weighted by Gasteiger charge is -2.38. The predicted molar refractivity (Wildman–Crippen MR) is 72.3 cm³/mol.